The molecule has 6 rings (SSSR count). The predicted octanol–water partition coefficient (Wildman–Crippen LogP) is 3.00. The van der Waals surface area contributed by atoms with Gasteiger partial charge in [-0.05, 0) is 48.3 Å². The molecule has 11 heteroatoms. The van der Waals surface area contributed by atoms with E-state index in [9.17, 15) is 28.8 Å². The van der Waals surface area contributed by atoms with Gasteiger partial charge in [0.1, 0.15) is 11.1 Å². The first-order chi connectivity index (χ1) is 19.0. The van der Waals surface area contributed by atoms with E-state index in [4.69, 9.17) is 0 Å². The number of amides is 8. The van der Waals surface area contributed by atoms with Gasteiger partial charge in [0, 0.05) is 56.0 Å². The molecule has 2 aliphatic heterocycles. The number of likely N-dealkylation sites (N-methyl/N-ethyl adjacent to an activating group) is 4. The highest BCUT2D eigenvalue weighted by Gasteiger charge is 2.39. The first-order valence-corrected chi connectivity index (χ1v) is 12.7. The summed E-state index contributed by atoms with van der Waals surface area (Å²) in [6, 6.07) is 10.2. The van der Waals surface area contributed by atoms with E-state index in [1.54, 1.807) is 0 Å². The Morgan fingerprint density at radius 2 is 0.925 bits per heavy atom. The third kappa shape index (κ3) is 3.65. The van der Waals surface area contributed by atoms with Gasteiger partial charge in [-0.2, -0.15) is 0 Å². The van der Waals surface area contributed by atoms with Gasteiger partial charge in [-0.1, -0.05) is 24.3 Å². The largest absolute Gasteiger partial charge is 0.337 e. The lowest BCUT2D eigenvalue weighted by molar-refractivity contribution is -0.135. The highest BCUT2D eigenvalue weighted by Crippen LogP contribution is 2.43. The third-order valence-electron chi connectivity index (χ3n) is 7.67. The molecule has 2 aromatic carbocycles. The van der Waals surface area contributed by atoms with Crippen LogP contribution in [-0.4, -0.2) is 88.0 Å². The minimum Gasteiger partial charge on any atom is -0.337 e. The maximum Gasteiger partial charge on any atom is 0.333 e. The minimum atomic E-state index is -0.677. The second-order valence-corrected chi connectivity index (χ2v) is 10.3. The lowest BCUT2D eigenvalue weighted by Crippen LogP contribution is -2.52. The first-order valence-electron chi connectivity index (χ1n) is 12.7. The fraction of sp³-hybridized carbons (Fsp3) is 0.241. The Bertz CT molecular complexity index is 1620. The number of fused-ring (bicyclic) bond motifs is 3. The van der Waals surface area contributed by atoms with Crippen molar-refractivity contribution in [2.45, 2.75) is 18.9 Å². The molecule has 2 saturated heterocycles. The summed E-state index contributed by atoms with van der Waals surface area (Å²) in [7, 11) is 5.35. The Morgan fingerprint density at radius 1 is 0.575 bits per heavy atom. The smallest absolute Gasteiger partial charge is 0.333 e. The Labute approximate surface area is 228 Å². The van der Waals surface area contributed by atoms with Crippen LogP contribution in [-0.2, 0) is 19.2 Å². The molecule has 1 saturated carbocycles. The van der Waals surface area contributed by atoms with E-state index in [1.165, 1.54) is 40.3 Å². The van der Waals surface area contributed by atoms with E-state index in [0.29, 0.717) is 11.1 Å². The summed E-state index contributed by atoms with van der Waals surface area (Å²) in [4.78, 5) is 78.6. The SMILES string of the molecule is CN1C(=O)C(=Cc2ccc3c4ccc(C=C5C(=O)N(C)C(=O)N(C)C5=O)cc4n(C4CC4)c3c2)C(=O)N(C)C1=O. The molecule has 202 valence electrons. The molecule has 1 aromatic heterocycles. The van der Waals surface area contributed by atoms with Crippen molar-refractivity contribution >= 4 is 69.6 Å². The summed E-state index contributed by atoms with van der Waals surface area (Å²) >= 11 is 0. The summed E-state index contributed by atoms with van der Waals surface area (Å²) in [5, 5.41) is 1.95. The molecule has 1 aliphatic carbocycles. The number of urea groups is 2. The summed E-state index contributed by atoms with van der Waals surface area (Å²) in [6.45, 7) is 0. The van der Waals surface area contributed by atoms with Crippen molar-refractivity contribution in [1.82, 2.24) is 24.2 Å². The number of aromatic nitrogens is 1. The predicted molar refractivity (Wildman–Crippen MR) is 146 cm³/mol. The number of nitrogens with zero attached hydrogens (tertiary/aromatic N) is 5. The van der Waals surface area contributed by atoms with E-state index in [-0.39, 0.29) is 17.2 Å². The van der Waals surface area contributed by atoms with Gasteiger partial charge in [-0.25, -0.2) is 9.59 Å². The van der Waals surface area contributed by atoms with Crippen LogP contribution in [0.25, 0.3) is 34.0 Å². The van der Waals surface area contributed by atoms with E-state index >= 15 is 0 Å². The molecular weight excluding hydrogens is 514 g/mol. The highest BCUT2D eigenvalue weighted by atomic mass is 16.2. The molecule has 0 bridgehead atoms. The number of carbonyl (C=O) groups is 6. The number of hydrogen-bond acceptors (Lipinski definition) is 6. The van der Waals surface area contributed by atoms with Gasteiger partial charge in [0.2, 0.25) is 0 Å². The van der Waals surface area contributed by atoms with Crippen LogP contribution in [0.1, 0.15) is 30.0 Å². The monoisotopic (exact) mass is 539 g/mol. The number of rotatable bonds is 3. The molecule has 0 atom stereocenters. The molecule has 8 amide bonds. The van der Waals surface area contributed by atoms with E-state index in [0.717, 1.165) is 54.2 Å². The molecular formula is C29H25N5O6. The van der Waals surface area contributed by atoms with E-state index < -0.39 is 35.7 Å². The lowest BCUT2D eigenvalue weighted by Gasteiger charge is -2.28. The average molecular weight is 540 g/mol. The van der Waals surface area contributed by atoms with Crippen LogP contribution in [0.4, 0.5) is 9.59 Å². The summed E-state index contributed by atoms with van der Waals surface area (Å²) in [5.41, 5.74) is 2.92. The molecule has 0 spiro atoms. The van der Waals surface area contributed by atoms with Crippen LogP contribution in [0.3, 0.4) is 0 Å². The standard InChI is InChI=1S/C29H25N5O6/c1-30-24(35)20(25(36)31(2)28(30)39)11-15-5-9-18-19-10-6-16(14-23(19)34(17-7-8-17)22(18)13-15)12-21-26(37)32(3)29(40)33(4)27(21)38/h5-6,9-14,17H,7-8H2,1-4H3. The van der Waals surface area contributed by atoms with Gasteiger partial charge in [0.25, 0.3) is 23.6 Å². The second kappa shape index (κ2) is 8.73. The van der Waals surface area contributed by atoms with Crippen molar-refractivity contribution in [3.63, 3.8) is 0 Å². The second-order valence-electron chi connectivity index (χ2n) is 10.3. The maximum absolute atomic E-state index is 12.7. The summed E-state index contributed by atoms with van der Waals surface area (Å²) in [6.07, 6.45) is 4.98. The van der Waals surface area contributed by atoms with Gasteiger partial charge in [-0.15, -0.1) is 0 Å². The highest BCUT2D eigenvalue weighted by molar-refractivity contribution is 6.31. The topological polar surface area (TPSA) is 120 Å². The Kier molecular flexibility index (Phi) is 5.51. The van der Waals surface area contributed by atoms with Gasteiger partial charge in [-0.3, -0.25) is 38.8 Å². The normalized spacial score (nSPS) is 18.7. The van der Waals surface area contributed by atoms with Crippen LogP contribution < -0.4 is 0 Å². The zero-order chi connectivity index (χ0) is 28.6. The Hall–Kier alpha value is -5.06. The molecule has 40 heavy (non-hydrogen) atoms. The lowest BCUT2D eigenvalue weighted by atomic mass is 10.0. The molecule has 0 unspecified atom stereocenters. The third-order valence-corrected chi connectivity index (χ3v) is 7.67. The van der Waals surface area contributed by atoms with Crippen LogP contribution in [0, 0.1) is 0 Å². The summed E-state index contributed by atoms with van der Waals surface area (Å²) in [5.74, 6) is -2.62. The van der Waals surface area contributed by atoms with Crippen molar-refractivity contribution in [2.24, 2.45) is 0 Å². The number of barbiturate groups is 2. The molecule has 11 nitrogen and oxygen atoms in total. The van der Waals surface area contributed by atoms with Crippen LogP contribution >= 0.6 is 0 Å². The van der Waals surface area contributed by atoms with Crippen LogP contribution in [0.15, 0.2) is 47.5 Å². The van der Waals surface area contributed by atoms with Crippen molar-refractivity contribution in [1.29, 1.82) is 0 Å². The first kappa shape index (κ1) is 25.2. The van der Waals surface area contributed by atoms with Crippen LogP contribution in [0.5, 0.6) is 0 Å². The average Bonchev–Trinajstić information content (AvgIpc) is 3.74. The number of hydrogen-bond donors (Lipinski definition) is 0. The van der Waals surface area contributed by atoms with Gasteiger partial charge < -0.3 is 4.57 Å². The van der Waals surface area contributed by atoms with Crippen molar-refractivity contribution in [3.05, 3.63) is 58.7 Å². The van der Waals surface area contributed by atoms with Gasteiger partial charge in [0.05, 0.1) is 0 Å². The van der Waals surface area contributed by atoms with Crippen molar-refractivity contribution < 1.29 is 28.8 Å². The molecule has 3 aromatic rings. The molecule has 0 radical (unpaired) electrons. The van der Waals surface area contributed by atoms with E-state index in [1.807, 2.05) is 36.4 Å². The fourth-order valence-electron chi connectivity index (χ4n) is 5.27. The van der Waals surface area contributed by atoms with Crippen LogP contribution in [0.2, 0.25) is 0 Å². The van der Waals surface area contributed by atoms with Gasteiger partial charge >= 0.3 is 12.1 Å². The minimum absolute atomic E-state index is 0.0952. The number of carbonyl (C=O) groups excluding carboxylic acids is 6. The Morgan fingerprint density at radius 3 is 1.25 bits per heavy atom. The zero-order valence-electron chi connectivity index (χ0n) is 22.3. The molecule has 3 aliphatic rings. The Balaban J connectivity index is 1.47. The molecule has 3 fully saturated rings. The van der Waals surface area contributed by atoms with Crippen molar-refractivity contribution in [2.75, 3.05) is 28.2 Å². The fourth-order valence-corrected chi connectivity index (χ4v) is 5.27. The number of benzene rings is 2. The molecule has 3 heterocycles. The van der Waals surface area contributed by atoms with Gasteiger partial charge in [0.15, 0.2) is 0 Å². The van der Waals surface area contributed by atoms with E-state index in [2.05, 4.69) is 4.57 Å². The molecule has 0 N–H and O–H groups in total. The summed E-state index contributed by atoms with van der Waals surface area (Å²) < 4.78 is 2.20. The maximum atomic E-state index is 12.7. The van der Waals surface area contributed by atoms with Crippen molar-refractivity contribution in [3.8, 4) is 0 Å². The zero-order valence-corrected chi connectivity index (χ0v) is 22.3. The number of imide groups is 4. The quantitative estimate of drug-likeness (QED) is 0.373.